The van der Waals surface area contributed by atoms with Gasteiger partial charge >= 0.3 is 0 Å². The van der Waals surface area contributed by atoms with Gasteiger partial charge in [0.25, 0.3) is 0 Å². The molecule has 18 heavy (non-hydrogen) atoms. The van der Waals surface area contributed by atoms with E-state index in [-0.39, 0.29) is 5.91 Å². The molecule has 3 heteroatoms. The second-order valence-electron chi connectivity index (χ2n) is 5.16. The lowest BCUT2D eigenvalue weighted by Crippen LogP contribution is -2.32. The summed E-state index contributed by atoms with van der Waals surface area (Å²) < 4.78 is 0. The van der Waals surface area contributed by atoms with Crippen LogP contribution in [0.3, 0.4) is 0 Å². The van der Waals surface area contributed by atoms with Crippen LogP contribution in [-0.4, -0.2) is 19.0 Å². The summed E-state index contributed by atoms with van der Waals surface area (Å²) in [6, 6.07) is 8.27. The molecule has 3 nitrogen and oxygen atoms in total. The predicted molar refractivity (Wildman–Crippen MR) is 73.2 cm³/mol. The summed E-state index contributed by atoms with van der Waals surface area (Å²) in [6.45, 7) is 4.82. The standard InChI is InChI=1S/C15H22N2O/c1-12-3-2-4-14(9-12)11-17-15(18)10-13-5-7-16-8-6-13/h2-4,9,13,16H,5-8,10-11H2,1H3,(H,17,18). The average molecular weight is 246 g/mol. The predicted octanol–water partition coefficient (Wildman–Crippen LogP) is 2.00. The molecule has 1 aliphatic rings. The molecular weight excluding hydrogens is 224 g/mol. The molecule has 0 bridgehead atoms. The largest absolute Gasteiger partial charge is 0.352 e. The fourth-order valence-electron chi connectivity index (χ4n) is 2.44. The Bertz CT molecular complexity index is 397. The fourth-order valence-corrected chi connectivity index (χ4v) is 2.44. The van der Waals surface area contributed by atoms with Crippen LogP contribution < -0.4 is 10.6 Å². The highest BCUT2D eigenvalue weighted by Gasteiger charge is 2.16. The molecule has 0 unspecified atom stereocenters. The number of carbonyl (C=O) groups is 1. The zero-order chi connectivity index (χ0) is 12.8. The molecule has 1 aromatic rings. The van der Waals surface area contributed by atoms with Gasteiger partial charge in [0.2, 0.25) is 5.91 Å². The number of benzene rings is 1. The smallest absolute Gasteiger partial charge is 0.220 e. The Morgan fingerprint density at radius 1 is 1.39 bits per heavy atom. The van der Waals surface area contributed by atoms with Crippen molar-refractivity contribution < 1.29 is 4.79 Å². The van der Waals surface area contributed by atoms with E-state index in [0.717, 1.165) is 25.9 Å². The van der Waals surface area contributed by atoms with E-state index in [0.29, 0.717) is 18.9 Å². The Morgan fingerprint density at radius 2 is 2.17 bits per heavy atom. The van der Waals surface area contributed by atoms with Crippen LogP contribution >= 0.6 is 0 Å². The summed E-state index contributed by atoms with van der Waals surface area (Å²) in [5.41, 5.74) is 2.41. The lowest BCUT2D eigenvalue weighted by atomic mass is 9.94. The molecule has 1 heterocycles. The minimum Gasteiger partial charge on any atom is -0.352 e. The van der Waals surface area contributed by atoms with Crippen molar-refractivity contribution in [1.82, 2.24) is 10.6 Å². The number of hydrogen-bond donors (Lipinski definition) is 2. The molecule has 0 radical (unpaired) electrons. The molecule has 0 aliphatic carbocycles. The van der Waals surface area contributed by atoms with E-state index < -0.39 is 0 Å². The van der Waals surface area contributed by atoms with E-state index >= 15 is 0 Å². The Kier molecular flexibility index (Phi) is 4.76. The van der Waals surface area contributed by atoms with Gasteiger partial charge in [-0.25, -0.2) is 0 Å². The van der Waals surface area contributed by atoms with Crippen LogP contribution in [0, 0.1) is 12.8 Å². The Morgan fingerprint density at radius 3 is 2.89 bits per heavy atom. The van der Waals surface area contributed by atoms with Gasteiger partial charge in [0.1, 0.15) is 0 Å². The van der Waals surface area contributed by atoms with Crippen LogP contribution in [0.2, 0.25) is 0 Å². The van der Waals surface area contributed by atoms with Crippen molar-refractivity contribution in [3.8, 4) is 0 Å². The zero-order valence-electron chi connectivity index (χ0n) is 11.0. The molecule has 98 valence electrons. The van der Waals surface area contributed by atoms with Crippen molar-refractivity contribution in [1.29, 1.82) is 0 Å². The van der Waals surface area contributed by atoms with Crippen molar-refractivity contribution in [2.24, 2.45) is 5.92 Å². The molecular formula is C15H22N2O. The third-order valence-electron chi connectivity index (χ3n) is 3.50. The second-order valence-corrected chi connectivity index (χ2v) is 5.16. The average Bonchev–Trinajstić information content (AvgIpc) is 2.38. The van der Waals surface area contributed by atoms with Gasteiger partial charge in [-0.3, -0.25) is 4.79 Å². The lowest BCUT2D eigenvalue weighted by molar-refractivity contribution is -0.122. The Hall–Kier alpha value is -1.35. The van der Waals surface area contributed by atoms with Crippen LogP contribution in [-0.2, 0) is 11.3 Å². The number of amides is 1. The maximum atomic E-state index is 11.8. The van der Waals surface area contributed by atoms with Gasteiger partial charge in [0.15, 0.2) is 0 Å². The maximum absolute atomic E-state index is 11.8. The molecule has 1 aliphatic heterocycles. The normalized spacial score (nSPS) is 16.5. The van der Waals surface area contributed by atoms with Gasteiger partial charge < -0.3 is 10.6 Å². The second kappa shape index (κ2) is 6.55. The van der Waals surface area contributed by atoms with E-state index in [2.05, 4.69) is 35.8 Å². The summed E-state index contributed by atoms with van der Waals surface area (Å²) in [4.78, 5) is 11.8. The third kappa shape index (κ3) is 4.15. The summed E-state index contributed by atoms with van der Waals surface area (Å²) in [5.74, 6) is 0.743. The van der Waals surface area contributed by atoms with Crippen LogP contribution in [0.5, 0.6) is 0 Å². The molecule has 1 amide bonds. The van der Waals surface area contributed by atoms with Crippen LogP contribution in [0.25, 0.3) is 0 Å². The highest BCUT2D eigenvalue weighted by atomic mass is 16.1. The number of hydrogen-bond acceptors (Lipinski definition) is 2. The van der Waals surface area contributed by atoms with E-state index in [4.69, 9.17) is 0 Å². The lowest BCUT2D eigenvalue weighted by Gasteiger charge is -2.21. The number of piperidine rings is 1. The van der Waals surface area contributed by atoms with Crippen LogP contribution in [0.1, 0.15) is 30.4 Å². The molecule has 1 fully saturated rings. The molecule has 1 aromatic carbocycles. The molecule has 2 rings (SSSR count). The van der Waals surface area contributed by atoms with Crippen molar-refractivity contribution in [2.45, 2.75) is 32.7 Å². The van der Waals surface area contributed by atoms with Crippen molar-refractivity contribution in [3.63, 3.8) is 0 Å². The number of nitrogens with one attached hydrogen (secondary N) is 2. The van der Waals surface area contributed by atoms with Gasteiger partial charge in [-0.05, 0) is 44.3 Å². The monoisotopic (exact) mass is 246 g/mol. The number of rotatable bonds is 4. The summed E-state index contributed by atoms with van der Waals surface area (Å²) in [5, 5.41) is 6.33. The first kappa shape index (κ1) is 13.1. The van der Waals surface area contributed by atoms with E-state index in [1.54, 1.807) is 0 Å². The first-order valence-electron chi connectivity index (χ1n) is 6.77. The van der Waals surface area contributed by atoms with Crippen molar-refractivity contribution >= 4 is 5.91 Å². The van der Waals surface area contributed by atoms with Crippen LogP contribution in [0.4, 0.5) is 0 Å². The van der Waals surface area contributed by atoms with E-state index in [9.17, 15) is 4.79 Å². The van der Waals surface area contributed by atoms with Gasteiger partial charge in [-0.1, -0.05) is 29.8 Å². The highest BCUT2D eigenvalue weighted by molar-refractivity contribution is 5.76. The van der Waals surface area contributed by atoms with Gasteiger partial charge in [0, 0.05) is 13.0 Å². The minimum atomic E-state index is 0.184. The molecule has 1 saturated heterocycles. The summed E-state index contributed by atoms with van der Waals surface area (Å²) in [6.07, 6.45) is 2.92. The highest BCUT2D eigenvalue weighted by Crippen LogP contribution is 2.15. The van der Waals surface area contributed by atoms with Crippen LogP contribution in [0.15, 0.2) is 24.3 Å². The molecule has 0 spiro atoms. The summed E-state index contributed by atoms with van der Waals surface area (Å²) >= 11 is 0. The summed E-state index contributed by atoms with van der Waals surface area (Å²) in [7, 11) is 0. The van der Waals surface area contributed by atoms with Gasteiger partial charge in [-0.2, -0.15) is 0 Å². The number of carbonyl (C=O) groups excluding carboxylic acids is 1. The maximum Gasteiger partial charge on any atom is 0.220 e. The molecule has 0 atom stereocenters. The molecule has 2 N–H and O–H groups in total. The topological polar surface area (TPSA) is 41.1 Å². The van der Waals surface area contributed by atoms with E-state index in [1.165, 1.54) is 11.1 Å². The third-order valence-corrected chi connectivity index (χ3v) is 3.50. The molecule has 0 saturated carbocycles. The quantitative estimate of drug-likeness (QED) is 0.853. The Balaban J connectivity index is 1.74. The Labute approximate surface area is 109 Å². The molecule has 0 aromatic heterocycles. The first-order chi connectivity index (χ1) is 8.74. The fraction of sp³-hybridized carbons (Fsp3) is 0.533. The van der Waals surface area contributed by atoms with E-state index in [1.807, 2.05) is 6.07 Å². The van der Waals surface area contributed by atoms with Crippen molar-refractivity contribution in [3.05, 3.63) is 35.4 Å². The van der Waals surface area contributed by atoms with Gasteiger partial charge in [-0.15, -0.1) is 0 Å². The first-order valence-corrected chi connectivity index (χ1v) is 6.77. The number of aryl methyl sites for hydroxylation is 1. The minimum absolute atomic E-state index is 0.184. The van der Waals surface area contributed by atoms with Crippen molar-refractivity contribution in [2.75, 3.05) is 13.1 Å². The van der Waals surface area contributed by atoms with Gasteiger partial charge in [0.05, 0.1) is 0 Å². The SMILES string of the molecule is Cc1cccc(CNC(=O)CC2CCNCC2)c1. The zero-order valence-corrected chi connectivity index (χ0v) is 11.0.